The molecule has 0 aromatic heterocycles. The summed E-state index contributed by atoms with van der Waals surface area (Å²) in [5.74, 6) is -0.294. The number of carbonyl (C=O) groups excluding carboxylic acids is 1. The van der Waals surface area contributed by atoms with Crippen LogP contribution in [0.15, 0.2) is 58.4 Å². The van der Waals surface area contributed by atoms with Crippen LogP contribution >= 0.6 is 0 Å². The van der Waals surface area contributed by atoms with Gasteiger partial charge in [0.15, 0.2) is 0 Å². The third kappa shape index (κ3) is 4.56. The summed E-state index contributed by atoms with van der Waals surface area (Å²) in [6.45, 7) is 4.17. The molecule has 1 atom stereocenters. The summed E-state index contributed by atoms with van der Waals surface area (Å²) in [4.78, 5) is 17.3. The summed E-state index contributed by atoms with van der Waals surface area (Å²) in [7, 11) is -3.66. The first-order valence-electron chi connectivity index (χ1n) is 8.98. The van der Waals surface area contributed by atoms with Crippen molar-refractivity contribution in [1.29, 1.82) is 0 Å². The Labute approximate surface area is 163 Å². The molecule has 1 amide bonds. The van der Waals surface area contributed by atoms with Crippen LogP contribution in [0.1, 0.15) is 31.4 Å². The minimum Gasteiger partial charge on any atom is -0.350 e. The Hall–Kier alpha value is -2.74. The molecule has 0 radical (unpaired) electrons. The first-order chi connectivity index (χ1) is 13.3. The number of sulfonamides is 1. The van der Waals surface area contributed by atoms with Crippen LogP contribution in [0.3, 0.4) is 0 Å². The van der Waals surface area contributed by atoms with Gasteiger partial charge in [-0.15, -0.1) is 0 Å². The van der Waals surface area contributed by atoms with Gasteiger partial charge in [0, 0.05) is 12.1 Å². The molecule has 8 heteroatoms. The molecule has 3 rings (SSSR count). The molecule has 28 heavy (non-hydrogen) atoms. The fourth-order valence-electron chi connectivity index (χ4n) is 2.96. The van der Waals surface area contributed by atoms with E-state index in [4.69, 9.17) is 0 Å². The Balaban J connectivity index is 1.81. The molecular formula is C20H22FN3O3S. The number of aliphatic imine (C=N–C) groups is 1. The zero-order valence-electron chi connectivity index (χ0n) is 15.6. The molecular weight excluding hydrogens is 381 g/mol. The molecule has 0 saturated carbocycles. The van der Waals surface area contributed by atoms with E-state index in [2.05, 4.69) is 15.0 Å². The van der Waals surface area contributed by atoms with Crippen molar-refractivity contribution in [1.82, 2.24) is 10.0 Å². The fraction of sp³-hybridized carbons (Fsp3) is 0.300. The van der Waals surface area contributed by atoms with Gasteiger partial charge in [-0.05, 0) is 42.2 Å². The Bertz CT molecular complexity index is 1000. The number of rotatable bonds is 6. The van der Waals surface area contributed by atoms with Crippen molar-refractivity contribution >= 4 is 21.8 Å². The van der Waals surface area contributed by atoms with Gasteiger partial charge in [-0.3, -0.25) is 14.5 Å². The summed E-state index contributed by atoms with van der Waals surface area (Å²) >= 11 is 0. The van der Waals surface area contributed by atoms with Crippen molar-refractivity contribution in [3.05, 3.63) is 65.5 Å². The Morgan fingerprint density at radius 1 is 1.14 bits per heavy atom. The number of amides is 1. The Morgan fingerprint density at radius 2 is 1.82 bits per heavy atom. The molecule has 0 aliphatic carbocycles. The molecule has 1 unspecified atom stereocenters. The molecule has 2 N–H and O–H groups in total. The number of carbonyl (C=O) groups is 1. The third-order valence-electron chi connectivity index (χ3n) is 4.32. The molecule has 2 aromatic carbocycles. The van der Waals surface area contributed by atoms with Gasteiger partial charge in [-0.1, -0.05) is 38.1 Å². The molecule has 6 nitrogen and oxygen atoms in total. The largest absolute Gasteiger partial charge is 0.350 e. The quantitative estimate of drug-likeness (QED) is 0.777. The van der Waals surface area contributed by atoms with E-state index >= 15 is 0 Å². The molecule has 0 saturated heterocycles. The first kappa shape index (κ1) is 20.0. The van der Waals surface area contributed by atoms with Crippen molar-refractivity contribution in [3.63, 3.8) is 0 Å². The average molecular weight is 403 g/mol. The highest BCUT2D eigenvalue weighted by molar-refractivity contribution is 7.90. The van der Waals surface area contributed by atoms with Gasteiger partial charge in [0.25, 0.3) is 10.0 Å². The predicted molar refractivity (Wildman–Crippen MR) is 105 cm³/mol. The molecule has 1 aliphatic heterocycles. The normalized spacial score (nSPS) is 17.2. The minimum atomic E-state index is -3.66. The average Bonchev–Trinajstić information content (AvgIpc) is 2.91. The van der Waals surface area contributed by atoms with Crippen LogP contribution in [0.5, 0.6) is 0 Å². The van der Waals surface area contributed by atoms with Crippen LogP contribution in [0.2, 0.25) is 0 Å². The Kier molecular flexibility index (Phi) is 5.79. The molecule has 1 heterocycles. The van der Waals surface area contributed by atoms with Crippen LogP contribution in [0, 0.1) is 11.7 Å². The van der Waals surface area contributed by atoms with Gasteiger partial charge in [0.2, 0.25) is 5.91 Å². The number of nitrogens with zero attached hydrogens (tertiary/aromatic N) is 1. The summed E-state index contributed by atoms with van der Waals surface area (Å²) in [5, 5.41) is 2.80. The third-order valence-corrected chi connectivity index (χ3v) is 5.72. The number of nitrogens with one attached hydrogen (secondary N) is 2. The highest BCUT2D eigenvalue weighted by Gasteiger charge is 2.32. The van der Waals surface area contributed by atoms with Crippen LogP contribution in [0.25, 0.3) is 0 Å². The predicted octanol–water partition coefficient (Wildman–Crippen LogP) is 2.60. The summed E-state index contributed by atoms with van der Waals surface area (Å²) < 4.78 is 39.9. The van der Waals surface area contributed by atoms with Crippen molar-refractivity contribution in [3.8, 4) is 0 Å². The smallest absolute Gasteiger partial charge is 0.263 e. The zero-order chi connectivity index (χ0) is 20.3. The van der Waals surface area contributed by atoms with E-state index in [-0.39, 0.29) is 34.9 Å². The molecule has 2 aromatic rings. The molecule has 1 aliphatic rings. The van der Waals surface area contributed by atoms with E-state index in [1.54, 1.807) is 30.3 Å². The van der Waals surface area contributed by atoms with Gasteiger partial charge < -0.3 is 5.32 Å². The van der Waals surface area contributed by atoms with E-state index in [1.165, 1.54) is 18.2 Å². The van der Waals surface area contributed by atoms with E-state index in [9.17, 15) is 17.6 Å². The summed E-state index contributed by atoms with van der Waals surface area (Å²) in [6, 6.07) is 11.6. The van der Waals surface area contributed by atoms with Gasteiger partial charge in [0.05, 0.1) is 4.90 Å². The van der Waals surface area contributed by atoms with Crippen LogP contribution in [0.4, 0.5) is 4.39 Å². The maximum absolute atomic E-state index is 13.0. The lowest BCUT2D eigenvalue weighted by molar-refractivity contribution is -0.122. The van der Waals surface area contributed by atoms with Gasteiger partial charge >= 0.3 is 0 Å². The number of hydrogen-bond donors (Lipinski definition) is 2. The van der Waals surface area contributed by atoms with Crippen molar-refractivity contribution < 1.29 is 17.6 Å². The number of amidine groups is 1. The van der Waals surface area contributed by atoms with Crippen LogP contribution in [-0.4, -0.2) is 26.2 Å². The Morgan fingerprint density at radius 3 is 2.50 bits per heavy atom. The van der Waals surface area contributed by atoms with Crippen molar-refractivity contribution in [2.75, 3.05) is 0 Å². The molecule has 0 spiro atoms. The lowest BCUT2D eigenvalue weighted by Crippen LogP contribution is -2.36. The monoisotopic (exact) mass is 403 g/mol. The highest BCUT2D eigenvalue weighted by Crippen LogP contribution is 2.23. The minimum absolute atomic E-state index is 0.156. The van der Waals surface area contributed by atoms with E-state index in [0.717, 1.165) is 5.56 Å². The number of benzene rings is 2. The van der Waals surface area contributed by atoms with Crippen LogP contribution in [-0.2, 0) is 21.4 Å². The second kappa shape index (κ2) is 8.10. The highest BCUT2D eigenvalue weighted by atomic mass is 32.2. The summed E-state index contributed by atoms with van der Waals surface area (Å²) in [5.41, 5.74) is 1.22. The second-order valence-corrected chi connectivity index (χ2v) is 8.72. The number of fused-ring (bicyclic) bond motifs is 1. The lowest BCUT2D eigenvalue weighted by atomic mass is 10.0. The van der Waals surface area contributed by atoms with Crippen molar-refractivity contribution in [2.24, 2.45) is 10.9 Å². The maximum atomic E-state index is 13.0. The molecule has 0 bridgehead atoms. The fourth-order valence-corrected chi connectivity index (χ4v) is 4.20. The maximum Gasteiger partial charge on any atom is 0.263 e. The SMILES string of the molecule is CC(C)CC(N=C1NS(=O)(=O)c2ccccc21)C(=O)NCc1ccc(F)cc1. The van der Waals surface area contributed by atoms with E-state index in [0.29, 0.717) is 12.0 Å². The molecule has 0 fully saturated rings. The van der Waals surface area contributed by atoms with Gasteiger partial charge in [0.1, 0.15) is 17.7 Å². The van der Waals surface area contributed by atoms with E-state index < -0.39 is 16.1 Å². The standard InChI is InChI=1S/C20H22FN3O3S/c1-13(2)11-17(20(25)22-12-14-7-9-15(21)10-8-14)23-19-16-5-3-4-6-18(16)28(26,27)24-19/h3-10,13,17H,11-12H2,1-2H3,(H,22,25)(H,23,24). The first-order valence-corrected chi connectivity index (χ1v) is 10.5. The van der Waals surface area contributed by atoms with E-state index in [1.807, 2.05) is 13.8 Å². The van der Waals surface area contributed by atoms with Crippen molar-refractivity contribution in [2.45, 2.75) is 37.8 Å². The topological polar surface area (TPSA) is 87.6 Å². The molecule has 148 valence electrons. The van der Waals surface area contributed by atoms with Gasteiger partial charge in [-0.25, -0.2) is 12.8 Å². The lowest BCUT2D eigenvalue weighted by Gasteiger charge is -2.16. The number of halogens is 1. The zero-order valence-corrected chi connectivity index (χ0v) is 16.5. The summed E-state index contributed by atoms with van der Waals surface area (Å²) in [6.07, 6.45) is 0.461. The van der Waals surface area contributed by atoms with Crippen LogP contribution < -0.4 is 10.0 Å². The number of hydrogen-bond acceptors (Lipinski definition) is 4. The van der Waals surface area contributed by atoms with Gasteiger partial charge in [-0.2, -0.15) is 0 Å². The second-order valence-electron chi connectivity index (χ2n) is 7.07.